The summed E-state index contributed by atoms with van der Waals surface area (Å²) in [7, 11) is 0. The summed E-state index contributed by atoms with van der Waals surface area (Å²) >= 11 is 0. The molecule has 2 rings (SSSR count). The first-order chi connectivity index (χ1) is 9.47. The summed E-state index contributed by atoms with van der Waals surface area (Å²) in [6, 6.07) is 12.1. The van der Waals surface area contributed by atoms with Gasteiger partial charge in [0.1, 0.15) is 23.2 Å². The van der Waals surface area contributed by atoms with Crippen LogP contribution in [0.4, 0.5) is 0 Å². The van der Waals surface area contributed by atoms with Crippen molar-refractivity contribution in [3.8, 4) is 11.5 Å². The number of aryl methyl sites for hydroxylation is 1. The van der Waals surface area contributed by atoms with E-state index in [4.69, 9.17) is 9.84 Å². The molecule has 2 aromatic rings. The van der Waals surface area contributed by atoms with Crippen LogP contribution in [0, 0.1) is 6.92 Å². The van der Waals surface area contributed by atoms with Crippen LogP contribution in [-0.4, -0.2) is 16.2 Å². The van der Waals surface area contributed by atoms with Gasteiger partial charge < -0.3 is 14.9 Å². The fraction of sp³-hybridized carbons (Fsp3) is 0.188. The van der Waals surface area contributed by atoms with Crippen LogP contribution < -0.4 is 4.74 Å². The normalized spacial score (nSPS) is 11.9. The van der Waals surface area contributed by atoms with E-state index in [0.717, 1.165) is 5.56 Å². The van der Waals surface area contributed by atoms with Gasteiger partial charge in [-0.3, -0.25) is 0 Å². The Morgan fingerprint density at radius 3 is 2.35 bits per heavy atom. The van der Waals surface area contributed by atoms with E-state index in [1.807, 2.05) is 38.1 Å². The summed E-state index contributed by atoms with van der Waals surface area (Å²) in [6.45, 7) is 3.91. The van der Waals surface area contributed by atoms with Crippen LogP contribution in [-0.2, 0) is 0 Å². The largest absolute Gasteiger partial charge is 0.507 e. The monoisotopic (exact) mass is 272 g/mol. The predicted molar refractivity (Wildman–Crippen MR) is 75.3 cm³/mol. The summed E-state index contributed by atoms with van der Waals surface area (Å²) < 4.78 is 5.70. The molecule has 0 aliphatic heterocycles. The second-order valence-electron chi connectivity index (χ2n) is 4.65. The molecule has 0 spiro atoms. The van der Waals surface area contributed by atoms with E-state index < -0.39 is 5.97 Å². The maximum absolute atomic E-state index is 10.8. The van der Waals surface area contributed by atoms with Crippen LogP contribution >= 0.6 is 0 Å². The summed E-state index contributed by atoms with van der Waals surface area (Å²) in [5.41, 5.74) is 2.04. The minimum Gasteiger partial charge on any atom is -0.507 e. The van der Waals surface area contributed by atoms with Crippen molar-refractivity contribution in [2.75, 3.05) is 0 Å². The third-order valence-electron chi connectivity index (χ3n) is 3.06. The highest BCUT2D eigenvalue weighted by molar-refractivity contribution is 5.90. The zero-order chi connectivity index (χ0) is 14.7. The van der Waals surface area contributed by atoms with Crippen LogP contribution in [0.25, 0.3) is 0 Å². The van der Waals surface area contributed by atoms with E-state index in [1.165, 1.54) is 23.8 Å². The van der Waals surface area contributed by atoms with Crippen molar-refractivity contribution in [2.24, 2.45) is 0 Å². The van der Waals surface area contributed by atoms with Gasteiger partial charge in [0, 0.05) is 6.07 Å². The second kappa shape index (κ2) is 5.65. The van der Waals surface area contributed by atoms with Crippen LogP contribution in [0.15, 0.2) is 42.5 Å². The molecule has 0 amide bonds. The zero-order valence-corrected chi connectivity index (χ0v) is 11.3. The molecule has 0 saturated carbocycles. The third-order valence-corrected chi connectivity index (χ3v) is 3.06. The SMILES string of the molecule is Cc1ccc(C(C)Oc2ccc(C(=O)O)c(O)c2)cc1. The summed E-state index contributed by atoms with van der Waals surface area (Å²) in [5.74, 6) is -1.03. The zero-order valence-electron chi connectivity index (χ0n) is 11.3. The Labute approximate surface area is 117 Å². The van der Waals surface area contributed by atoms with Crippen molar-refractivity contribution < 1.29 is 19.7 Å². The lowest BCUT2D eigenvalue weighted by Crippen LogP contribution is -2.04. The van der Waals surface area contributed by atoms with Gasteiger partial charge in [-0.2, -0.15) is 0 Å². The lowest BCUT2D eigenvalue weighted by Gasteiger charge is -2.15. The molecule has 104 valence electrons. The number of hydrogen-bond acceptors (Lipinski definition) is 3. The van der Waals surface area contributed by atoms with Crippen molar-refractivity contribution in [1.82, 2.24) is 0 Å². The van der Waals surface area contributed by atoms with E-state index >= 15 is 0 Å². The second-order valence-corrected chi connectivity index (χ2v) is 4.65. The first kappa shape index (κ1) is 13.9. The van der Waals surface area contributed by atoms with Gasteiger partial charge in [0.2, 0.25) is 0 Å². The maximum atomic E-state index is 10.8. The van der Waals surface area contributed by atoms with Crippen molar-refractivity contribution in [1.29, 1.82) is 0 Å². The fourth-order valence-corrected chi connectivity index (χ4v) is 1.88. The van der Waals surface area contributed by atoms with Crippen molar-refractivity contribution >= 4 is 5.97 Å². The first-order valence-electron chi connectivity index (χ1n) is 6.27. The summed E-state index contributed by atoms with van der Waals surface area (Å²) in [6.07, 6.45) is -0.189. The fourth-order valence-electron chi connectivity index (χ4n) is 1.88. The van der Waals surface area contributed by atoms with Crippen molar-refractivity contribution in [2.45, 2.75) is 20.0 Å². The van der Waals surface area contributed by atoms with Crippen LogP contribution in [0.2, 0.25) is 0 Å². The molecule has 1 unspecified atom stereocenters. The molecule has 0 radical (unpaired) electrons. The van der Waals surface area contributed by atoms with Gasteiger partial charge in [-0.25, -0.2) is 4.79 Å². The van der Waals surface area contributed by atoms with Crippen LogP contribution in [0.3, 0.4) is 0 Å². The summed E-state index contributed by atoms with van der Waals surface area (Å²) in [5, 5.41) is 18.5. The summed E-state index contributed by atoms with van der Waals surface area (Å²) in [4.78, 5) is 10.8. The lowest BCUT2D eigenvalue weighted by molar-refractivity contribution is 0.0693. The number of aromatic carboxylic acids is 1. The molecule has 0 aliphatic rings. The van der Waals surface area contributed by atoms with E-state index in [-0.39, 0.29) is 17.4 Å². The van der Waals surface area contributed by atoms with E-state index in [1.54, 1.807) is 0 Å². The number of aromatic hydroxyl groups is 1. The Morgan fingerprint density at radius 2 is 1.80 bits per heavy atom. The van der Waals surface area contributed by atoms with E-state index in [9.17, 15) is 9.90 Å². The predicted octanol–water partition coefficient (Wildman–Crippen LogP) is 3.54. The molecule has 2 aromatic carbocycles. The Kier molecular flexibility index (Phi) is 3.94. The first-order valence-corrected chi connectivity index (χ1v) is 6.27. The van der Waals surface area contributed by atoms with Crippen molar-refractivity contribution in [3.05, 3.63) is 59.2 Å². The number of carbonyl (C=O) groups is 1. The molecule has 1 atom stereocenters. The Morgan fingerprint density at radius 1 is 1.15 bits per heavy atom. The molecule has 0 aromatic heterocycles. The molecule has 0 bridgehead atoms. The Balaban J connectivity index is 2.15. The number of ether oxygens (including phenoxy) is 1. The minimum atomic E-state index is -1.17. The van der Waals surface area contributed by atoms with Gasteiger partial charge >= 0.3 is 5.97 Å². The highest BCUT2D eigenvalue weighted by atomic mass is 16.5. The molecule has 4 nitrogen and oxygen atoms in total. The standard InChI is InChI=1S/C16H16O4/c1-10-3-5-12(6-4-10)11(2)20-13-7-8-14(16(18)19)15(17)9-13/h3-9,11,17H,1-2H3,(H,18,19). The van der Waals surface area contributed by atoms with E-state index in [2.05, 4.69) is 0 Å². The smallest absolute Gasteiger partial charge is 0.339 e. The van der Waals surface area contributed by atoms with Gasteiger partial charge in [-0.1, -0.05) is 29.8 Å². The Bertz CT molecular complexity index is 617. The molecule has 4 heteroatoms. The highest BCUT2D eigenvalue weighted by Crippen LogP contribution is 2.27. The molecular weight excluding hydrogens is 256 g/mol. The van der Waals surface area contributed by atoms with Gasteiger partial charge in [0.25, 0.3) is 0 Å². The van der Waals surface area contributed by atoms with Gasteiger partial charge in [-0.15, -0.1) is 0 Å². The van der Waals surface area contributed by atoms with Crippen LogP contribution in [0.1, 0.15) is 34.5 Å². The van der Waals surface area contributed by atoms with Gasteiger partial charge in [-0.05, 0) is 31.5 Å². The lowest BCUT2D eigenvalue weighted by atomic mass is 10.1. The molecule has 2 N–H and O–H groups in total. The quantitative estimate of drug-likeness (QED) is 0.893. The molecular formula is C16H16O4. The number of rotatable bonds is 4. The number of benzene rings is 2. The highest BCUT2D eigenvalue weighted by Gasteiger charge is 2.12. The number of carboxylic acid groups (broad SMARTS) is 1. The van der Waals surface area contributed by atoms with Gasteiger partial charge in [0.15, 0.2) is 0 Å². The average molecular weight is 272 g/mol. The van der Waals surface area contributed by atoms with Crippen LogP contribution in [0.5, 0.6) is 11.5 Å². The molecule has 20 heavy (non-hydrogen) atoms. The molecule has 0 heterocycles. The number of carboxylic acids is 1. The molecule has 0 saturated heterocycles. The Hall–Kier alpha value is -2.49. The minimum absolute atomic E-state index is 0.139. The van der Waals surface area contributed by atoms with E-state index in [0.29, 0.717) is 5.75 Å². The molecule has 0 aliphatic carbocycles. The third kappa shape index (κ3) is 3.09. The topological polar surface area (TPSA) is 66.8 Å². The number of phenols is 1. The van der Waals surface area contributed by atoms with Crippen molar-refractivity contribution in [3.63, 3.8) is 0 Å². The number of hydrogen-bond donors (Lipinski definition) is 2. The van der Waals surface area contributed by atoms with Gasteiger partial charge in [0.05, 0.1) is 0 Å². The molecule has 0 fully saturated rings. The maximum Gasteiger partial charge on any atom is 0.339 e. The average Bonchev–Trinajstić information content (AvgIpc) is 2.39.